The molecule has 3 heteroatoms. The van der Waals surface area contributed by atoms with Crippen LogP contribution in [0.5, 0.6) is 5.75 Å². The number of hydrogen-bond acceptors (Lipinski definition) is 2. The molecule has 0 spiro atoms. The summed E-state index contributed by atoms with van der Waals surface area (Å²) in [7, 11) is 0. The normalized spacial score (nSPS) is 16.5. The number of ether oxygens (including phenoxy) is 1. The van der Waals surface area contributed by atoms with Crippen LogP contribution in [0.2, 0.25) is 5.02 Å². The van der Waals surface area contributed by atoms with Crippen LogP contribution >= 0.6 is 11.6 Å². The molecular weight excluding hydrogens is 188 g/mol. The first-order chi connectivity index (χ1) is 6.18. The van der Waals surface area contributed by atoms with E-state index in [0.717, 1.165) is 23.3 Å². The first kappa shape index (κ1) is 8.85. The van der Waals surface area contributed by atoms with Crippen LogP contribution in [-0.2, 0) is 6.42 Å². The number of halogens is 1. The minimum atomic E-state index is -0.523. The molecule has 0 saturated heterocycles. The van der Waals surface area contributed by atoms with Crippen molar-refractivity contribution in [3.05, 3.63) is 28.3 Å². The molecule has 1 unspecified atom stereocenters. The lowest BCUT2D eigenvalue weighted by Gasteiger charge is -2.10. The van der Waals surface area contributed by atoms with Crippen LogP contribution in [0, 0.1) is 0 Å². The predicted molar refractivity (Wildman–Crippen MR) is 51.3 cm³/mol. The molecule has 2 nitrogen and oxygen atoms in total. The third-order valence-corrected chi connectivity index (χ3v) is 2.45. The predicted octanol–water partition coefficient (Wildman–Crippen LogP) is 2.33. The lowest BCUT2D eigenvalue weighted by Crippen LogP contribution is -1.95. The zero-order valence-corrected chi connectivity index (χ0v) is 8.14. The second kappa shape index (κ2) is 3.20. The van der Waals surface area contributed by atoms with E-state index in [1.165, 1.54) is 0 Å². The van der Waals surface area contributed by atoms with Crippen molar-refractivity contribution in [2.24, 2.45) is 0 Å². The van der Waals surface area contributed by atoms with E-state index in [-0.39, 0.29) is 0 Å². The molecule has 0 aliphatic carbocycles. The molecule has 70 valence electrons. The molecule has 0 radical (unpaired) electrons. The standard InChI is InChI=1S/C10H11ClO2/c1-6(12)9-5-8(11)4-7-2-3-13-10(7)9/h4-6,12H,2-3H2,1H3. The fraction of sp³-hybridized carbons (Fsp3) is 0.400. The molecule has 2 rings (SSSR count). The summed E-state index contributed by atoms with van der Waals surface area (Å²) in [6.45, 7) is 2.41. The molecule has 0 amide bonds. The second-order valence-electron chi connectivity index (χ2n) is 3.26. The summed E-state index contributed by atoms with van der Waals surface area (Å²) < 4.78 is 5.43. The maximum Gasteiger partial charge on any atom is 0.128 e. The van der Waals surface area contributed by atoms with Crippen LogP contribution in [-0.4, -0.2) is 11.7 Å². The Morgan fingerprint density at radius 1 is 1.54 bits per heavy atom. The number of benzene rings is 1. The summed E-state index contributed by atoms with van der Waals surface area (Å²) in [5, 5.41) is 10.1. The van der Waals surface area contributed by atoms with Gasteiger partial charge in [-0.05, 0) is 24.6 Å². The fourth-order valence-corrected chi connectivity index (χ4v) is 1.86. The largest absolute Gasteiger partial charge is 0.493 e. The van der Waals surface area contributed by atoms with E-state index in [4.69, 9.17) is 16.3 Å². The van der Waals surface area contributed by atoms with Gasteiger partial charge in [0.2, 0.25) is 0 Å². The molecule has 1 atom stereocenters. The zero-order chi connectivity index (χ0) is 9.42. The summed E-state index contributed by atoms with van der Waals surface area (Å²) >= 11 is 5.91. The van der Waals surface area contributed by atoms with Gasteiger partial charge in [-0.15, -0.1) is 0 Å². The quantitative estimate of drug-likeness (QED) is 0.751. The number of hydrogen-bond donors (Lipinski definition) is 1. The van der Waals surface area contributed by atoms with Crippen molar-refractivity contribution in [1.29, 1.82) is 0 Å². The van der Waals surface area contributed by atoms with Gasteiger partial charge in [0.15, 0.2) is 0 Å². The molecule has 1 heterocycles. The van der Waals surface area contributed by atoms with Gasteiger partial charge in [-0.2, -0.15) is 0 Å². The molecule has 1 aliphatic heterocycles. The molecule has 0 bridgehead atoms. The van der Waals surface area contributed by atoms with Gasteiger partial charge in [0, 0.05) is 17.0 Å². The minimum absolute atomic E-state index is 0.523. The van der Waals surface area contributed by atoms with Gasteiger partial charge >= 0.3 is 0 Å². The second-order valence-corrected chi connectivity index (χ2v) is 3.69. The van der Waals surface area contributed by atoms with Crippen molar-refractivity contribution in [2.75, 3.05) is 6.61 Å². The smallest absolute Gasteiger partial charge is 0.128 e. The Hall–Kier alpha value is -0.730. The van der Waals surface area contributed by atoms with E-state index in [9.17, 15) is 5.11 Å². The zero-order valence-electron chi connectivity index (χ0n) is 7.38. The molecule has 0 aromatic heterocycles. The molecule has 1 aromatic carbocycles. The average Bonchev–Trinajstić information content (AvgIpc) is 2.49. The fourth-order valence-electron chi connectivity index (χ4n) is 1.61. The Morgan fingerprint density at radius 2 is 2.31 bits per heavy atom. The van der Waals surface area contributed by atoms with Crippen LogP contribution in [0.4, 0.5) is 0 Å². The lowest BCUT2D eigenvalue weighted by molar-refractivity contribution is 0.193. The Morgan fingerprint density at radius 3 is 3.00 bits per heavy atom. The number of aliphatic hydroxyl groups excluding tert-OH is 1. The highest BCUT2D eigenvalue weighted by atomic mass is 35.5. The van der Waals surface area contributed by atoms with Crippen molar-refractivity contribution < 1.29 is 9.84 Å². The third-order valence-electron chi connectivity index (χ3n) is 2.23. The number of fused-ring (bicyclic) bond motifs is 1. The van der Waals surface area contributed by atoms with Crippen LogP contribution in [0.15, 0.2) is 12.1 Å². The van der Waals surface area contributed by atoms with Gasteiger partial charge in [0.25, 0.3) is 0 Å². The van der Waals surface area contributed by atoms with Gasteiger partial charge in [-0.25, -0.2) is 0 Å². The van der Waals surface area contributed by atoms with Crippen molar-refractivity contribution in [3.63, 3.8) is 0 Å². The highest BCUT2D eigenvalue weighted by molar-refractivity contribution is 6.30. The Balaban J connectivity index is 2.55. The molecular formula is C10H11ClO2. The van der Waals surface area contributed by atoms with Crippen LogP contribution in [0.1, 0.15) is 24.2 Å². The molecule has 1 aliphatic rings. The van der Waals surface area contributed by atoms with E-state index in [2.05, 4.69) is 0 Å². The minimum Gasteiger partial charge on any atom is -0.493 e. The van der Waals surface area contributed by atoms with E-state index < -0.39 is 6.10 Å². The Labute approximate surface area is 82.1 Å². The van der Waals surface area contributed by atoms with E-state index in [0.29, 0.717) is 11.6 Å². The first-order valence-electron chi connectivity index (χ1n) is 4.31. The van der Waals surface area contributed by atoms with Crippen molar-refractivity contribution in [3.8, 4) is 5.75 Å². The molecule has 1 aromatic rings. The topological polar surface area (TPSA) is 29.5 Å². The van der Waals surface area contributed by atoms with Crippen molar-refractivity contribution >= 4 is 11.6 Å². The Kier molecular flexibility index (Phi) is 2.18. The van der Waals surface area contributed by atoms with Gasteiger partial charge < -0.3 is 9.84 Å². The van der Waals surface area contributed by atoms with Gasteiger partial charge in [0.05, 0.1) is 12.7 Å². The summed E-state index contributed by atoms with van der Waals surface area (Å²) in [6.07, 6.45) is 0.362. The van der Waals surface area contributed by atoms with Gasteiger partial charge in [-0.1, -0.05) is 11.6 Å². The molecule has 1 N–H and O–H groups in total. The van der Waals surface area contributed by atoms with Crippen molar-refractivity contribution in [2.45, 2.75) is 19.4 Å². The summed E-state index contributed by atoms with van der Waals surface area (Å²) in [5.74, 6) is 0.819. The lowest BCUT2D eigenvalue weighted by atomic mass is 10.0. The maximum absolute atomic E-state index is 9.47. The molecule has 13 heavy (non-hydrogen) atoms. The summed E-state index contributed by atoms with van der Waals surface area (Å²) in [6, 6.07) is 3.66. The molecule has 0 fully saturated rings. The summed E-state index contributed by atoms with van der Waals surface area (Å²) in [5.41, 5.74) is 1.89. The van der Waals surface area contributed by atoms with E-state index >= 15 is 0 Å². The highest BCUT2D eigenvalue weighted by Crippen LogP contribution is 2.35. The maximum atomic E-state index is 9.47. The number of rotatable bonds is 1. The Bertz CT molecular complexity index is 334. The number of aliphatic hydroxyl groups is 1. The van der Waals surface area contributed by atoms with E-state index in [1.807, 2.05) is 6.07 Å². The first-order valence-corrected chi connectivity index (χ1v) is 4.69. The van der Waals surface area contributed by atoms with Crippen LogP contribution in [0.3, 0.4) is 0 Å². The monoisotopic (exact) mass is 198 g/mol. The van der Waals surface area contributed by atoms with E-state index in [1.54, 1.807) is 13.0 Å². The van der Waals surface area contributed by atoms with Crippen molar-refractivity contribution in [1.82, 2.24) is 0 Å². The van der Waals surface area contributed by atoms with Crippen LogP contribution < -0.4 is 4.74 Å². The third kappa shape index (κ3) is 1.52. The van der Waals surface area contributed by atoms with Gasteiger partial charge in [-0.3, -0.25) is 0 Å². The van der Waals surface area contributed by atoms with Gasteiger partial charge in [0.1, 0.15) is 5.75 Å². The molecule has 0 saturated carbocycles. The average molecular weight is 199 g/mol. The SMILES string of the molecule is CC(O)c1cc(Cl)cc2c1OCC2. The van der Waals surface area contributed by atoms with Crippen LogP contribution in [0.25, 0.3) is 0 Å². The highest BCUT2D eigenvalue weighted by Gasteiger charge is 2.19. The summed E-state index contributed by atoms with van der Waals surface area (Å²) in [4.78, 5) is 0.